The van der Waals surface area contributed by atoms with Gasteiger partial charge in [-0.2, -0.15) is 13.2 Å². The van der Waals surface area contributed by atoms with Gasteiger partial charge in [0.1, 0.15) is 12.1 Å². The van der Waals surface area contributed by atoms with Crippen LogP contribution in [0.4, 0.5) is 18.9 Å². The van der Waals surface area contributed by atoms with E-state index in [2.05, 4.69) is 53.0 Å². The van der Waals surface area contributed by atoms with Gasteiger partial charge in [0.15, 0.2) is 0 Å². The largest absolute Gasteiger partial charge is 0.416 e. The Kier molecular flexibility index (Phi) is 12.5. The summed E-state index contributed by atoms with van der Waals surface area (Å²) in [5.41, 5.74) is 10.8. The highest BCUT2D eigenvalue weighted by Crippen LogP contribution is 2.31. The van der Waals surface area contributed by atoms with Gasteiger partial charge in [-0.3, -0.25) is 9.80 Å². The minimum atomic E-state index is -4.33. The molecule has 0 spiro atoms. The molecule has 1 aromatic heterocycles. The first-order valence-corrected chi connectivity index (χ1v) is 14.4. The average Bonchev–Trinajstić information content (AvgIpc) is 3.34. The highest BCUT2D eigenvalue weighted by molar-refractivity contribution is 5.56. The molecular weight excluding hydrogens is 551 g/mol. The number of para-hydroxylation sites is 1. The van der Waals surface area contributed by atoms with E-state index >= 15 is 0 Å². The molecule has 3 aromatic carbocycles. The number of hydrogen-bond donors (Lipinski definition) is 2. The van der Waals surface area contributed by atoms with E-state index in [0.717, 1.165) is 74.5 Å². The van der Waals surface area contributed by atoms with Crippen LogP contribution < -0.4 is 5.73 Å². The van der Waals surface area contributed by atoms with Crippen molar-refractivity contribution in [1.82, 2.24) is 19.8 Å². The molecule has 0 bridgehead atoms. The van der Waals surface area contributed by atoms with Crippen LogP contribution in [0.25, 0.3) is 11.4 Å². The van der Waals surface area contributed by atoms with Crippen molar-refractivity contribution in [1.29, 1.82) is 0 Å². The first-order chi connectivity index (χ1) is 20.5. The molecule has 1 aliphatic heterocycles. The van der Waals surface area contributed by atoms with Crippen molar-refractivity contribution in [2.45, 2.75) is 58.9 Å². The molecule has 0 amide bonds. The van der Waals surface area contributed by atoms with Gasteiger partial charge in [0, 0.05) is 49.2 Å². The molecule has 0 unspecified atom stereocenters. The lowest BCUT2D eigenvalue weighted by atomic mass is 10.0. The third-order valence-corrected chi connectivity index (χ3v) is 7.34. The van der Waals surface area contributed by atoms with Crippen molar-refractivity contribution in [3.63, 3.8) is 0 Å². The van der Waals surface area contributed by atoms with Crippen LogP contribution in [0.3, 0.4) is 0 Å². The maximum Gasteiger partial charge on any atom is 0.416 e. The first kappa shape index (κ1) is 33.6. The first-order valence-electron chi connectivity index (χ1n) is 14.4. The Labute approximate surface area is 252 Å². The number of imidazole rings is 1. The SMILES string of the molecule is CC=O.Cc1cccc(CN(C)C2CCN(Cc3nc(-c4ccc(C(F)(F)F)cc4)[nH]c3C)CC2)c1.Nc1ccccc1. The molecule has 0 radical (unpaired) electrons. The number of aromatic amines is 1. The smallest absolute Gasteiger partial charge is 0.399 e. The molecule has 6 nitrogen and oxygen atoms in total. The summed E-state index contributed by atoms with van der Waals surface area (Å²) in [6.07, 6.45) is -1.36. The molecule has 9 heteroatoms. The number of hydrogen-bond acceptors (Lipinski definition) is 5. The highest BCUT2D eigenvalue weighted by atomic mass is 19.4. The summed E-state index contributed by atoms with van der Waals surface area (Å²) in [4.78, 5) is 21.6. The quantitative estimate of drug-likeness (QED) is 0.181. The van der Waals surface area contributed by atoms with Gasteiger partial charge in [-0.05, 0) is 70.5 Å². The number of benzene rings is 3. The van der Waals surface area contributed by atoms with Crippen molar-refractivity contribution >= 4 is 12.0 Å². The zero-order valence-electron chi connectivity index (χ0n) is 25.4. The summed E-state index contributed by atoms with van der Waals surface area (Å²) in [5.74, 6) is 0.615. The van der Waals surface area contributed by atoms with E-state index in [9.17, 15) is 13.2 Å². The normalized spacial score (nSPS) is 14.0. The average molecular weight is 594 g/mol. The minimum Gasteiger partial charge on any atom is -0.399 e. The van der Waals surface area contributed by atoms with Crippen LogP contribution >= 0.6 is 0 Å². The van der Waals surface area contributed by atoms with Gasteiger partial charge in [0.05, 0.1) is 11.3 Å². The summed E-state index contributed by atoms with van der Waals surface area (Å²) in [5, 5.41) is 0. The summed E-state index contributed by atoms with van der Waals surface area (Å²) < 4.78 is 38.5. The number of carbonyl (C=O) groups excluding carboxylic acids is 1. The van der Waals surface area contributed by atoms with Crippen molar-refractivity contribution in [2.24, 2.45) is 0 Å². The van der Waals surface area contributed by atoms with Gasteiger partial charge < -0.3 is 15.5 Å². The lowest BCUT2D eigenvalue weighted by Crippen LogP contribution is -2.42. The fourth-order valence-corrected chi connectivity index (χ4v) is 5.01. The second-order valence-electron chi connectivity index (χ2n) is 10.8. The fourth-order valence-electron chi connectivity index (χ4n) is 5.01. The van der Waals surface area contributed by atoms with Crippen LogP contribution in [0.1, 0.15) is 47.8 Å². The van der Waals surface area contributed by atoms with Gasteiger partial charge in [-0.15, -0.1) is 0 Å². The minimum absolute atomic E-state index is 0.560. The number of aryl methyl sites for hydroxylation is 2. The number of piperidine rings is 1. The topological polar surface area (TPSA) is 78.2 Å². The lowest BCUT2D eigenvalue weighted by Gasteiger charge is -2.36. The van der Waals surface area contributed by atoms with E-state index in [-0.39, 0.29) is 0 Å². The van der Waals surface area contributed by atoms with Crippen LogP contribution in [0.15, 0.2) is 78.9 Å². The van der Waals surface area contributed by atoms with Crippen molar-refractivity contribution in [3.05, 3.63) is 107 Å². The van der Waals surface area contributed by atoms with E-state index < -0.39 is 11.7 Å². The van der Waals surface area contributed by atoms with Gasteiger partial charge in [0.25, 0.3) is 0 Å². The van der Waals surface area contributed by atoms with Crippen molar-refractivity contribution in [2.75, 3.05) is 25.9 Å². The van der Waals surface area contributed by atoms with Gasteiger partial charge in [0.2, 0.25) is 0 Å². The Morgan fingerprint density at radius 3 is 2.16 bits per heavy atom. The lowest BCUT2D eigenvalue weighted by molar-refractivity contribution is -0.137. The van der Waals surface area contributed by atoms with Gasteiger partial charge >= 0.3 is 6.18 Å². The van der Waals surface area contributed by atoms with E-state index in [1.165, 1.54) is 30.2 Å². The van der Waals surface area contributed by atoms with E-state index in [1.807, 2.05) is 37.3 Å². The molecule has 0 atom stereocenters. The Balaban J connectivity index is 0.000000432. The standard InChI is InChI=1S/C26H31F3N4.C6H7N.C2H4O/c1-18-5-4-6-20(15-18)16-32(3)23-11-13-33(14-12-23)17-24-19(2)30-25(31-24)21-7-9-22(10-8-21)26(27,28)29;7-6-4-2-1-3-5-6;1-2-3/h4-10,15,23H,11-14,16-17H2,1-3H3,(H,30,31);1-5H,7H2;2H,1H3. The number of rotatable bonds is 6. The maximum atomic E-state index is 12.8. The second-order valence-corrected chi connectivity index (χ2v) is 10.8. The number of likely N-dealkylation sites (tertiary alicyclic amines) is 1. The molecule has 230 valence electrons. The molecule has 3 N–H and O–H groups in total. The molecule has 5 rings (SSSR count). The number of halogens is 3. The number of anilines is 1. The number of nitrogens with zero attached hydrogens (tertiary/aromatic N) is 3. The fraction of sp³-hybridized carbons (Fsp3) is 0.353. The van der Waals surface area contributed by atoms with Crippen molar-refractivity contribution < 1.29 is 18.0 Å². The third-order valence-electron chi connectivity index (χ3n) is 7.34. The number of nitrogens with one attached hydrogen (secondary N) is 1. The van der Waals surface area contributed by atoms with Crippen LogP contribution in [-0.4, -0.2) is 52.2 Å². The molecule has 0 aliphatic carbocycles. The van der Waals surface area contributed by atoms with E-state index in [0.29, 0.717) is 17.4 Å². The summed E-state index contributed by atoms with van der Waals surface area (Å²) in [7, 11) is 2.21. The molecule has 4 aromatic rings. The summed E-state index contributed by atoms with van der Waals surface area (Å²) >= 11 is 0. The van der Waals surface area contributed by atoms with Crippen LogP contribution in [-0.2, 0) is 24.1 Å². The third kappa shape index (κ3) is 10.7. The maximum absolute atomic E-state index is 12.8. The summed E-state index contributed by atoms with van der Waals surface area (Å²) in [6, 6.07) is 23.9. The number of H-pyrrole nitrogens is 1. The molecule has 1 saturated heterocycles. The summed E-state index contributed by atoms with van der Waals surface area (Å²) in [6.45, 7) is 9.26. The molecule has 0 saturated carbocycles. The molecule has 43 heavy (non-hydrogen) atoms. The number of alkyl halides is 3. The van der Waals surface area contributed by atoms with Gasteiger partial charge in [-0.1, -0.05) is 60.2 Å². The van der Waals surface area contributed by atoms with E-state index in [1.54, 1.807) is 0 Å². The number of aldehydes is 1. The van der Waals surface area contributed by atoms with Gasteiger partial charge in [-0.25, -0.2) is 4.98 Å². The van der Waals surface area contributed by atoms with E-state index in [4.69, 9.17) is 15.5 Å². The zero-order chi connectivity index (χ0) is 31.4. The molecular formula is C34H42F3N5O. The number of nitrogens with two attached hydrogens (primary N) is 1. The Hall–Kier alpha value is -3.95. The molecule has 1 fully saturated rings. The van der Waals surface area contributed by atoms with Crippen molar-refractivity contribution in [3.8, 4) is 11.4 Å². The zero-order valence-corrected chi connectivity index (χ0v) is 25.4. The molecule has 1 aliphatic rings. The van der Waals surface area contributed by atoms with Crippen LogP contribution in [0.2, 0.25) is 0 Å². The van der Waals surface area contributed by atoms with Crippen LogP contribution in [0, 0.1) is 13.8 Å². The molecule has 2 heterocycles. The predicted octanol–water partition coefficient (Wildman–Crippen LogP) is 7.28. The Morgan fingerprint density at radius 1 is 1.00 bits per heavy atom. The number of carbonyl (C=O) groups is 1. The number of nitrogen functional groups attached to an aromatic ring is 1. The van der Waals surface area contributed by atoms with Crippen LogP contribution in [0.5, 0.6) is 0 Å². The highest BCUT2D eigenvalue weighted by Gasteiger charge is 2.30. The Morgan fingerprint density at radius 2 is 1.63 bits per heavy atom. The monoisotopic (exact) mass is 593 g/mol. The Bertz CT molecular complexity index is 1400. The second kappa shape index (κ2) is 16.0. The number of aromatic nitrogens is 2. The predicted molar refractivity (Wildman–Crippen MR) is 167 cm³/mol.